The summed E-state index contributed by atoms with van der Waals surface area (Å²) < 4.78 is 1.66. The van der Waals surface area contributed by atoms with Gasteiger partial charge in [-0.05, 0) is 31.7 Å². The molecular formula is C14H19N3O3. The van der Waals surface area contributed by atoms with Crippen molar-refractivity contribution in [3.05, 3.63) is 17.5 Å². The fourth-order valence-corrected chi connectivity index (χ4v) is 3.62. The van der Waals surface area contributed by atoms with Crippen molar-refractivity contribution in [2.75, 3.05) is 13.1 Å². The number of carboxylic acids is 1. The van der Waals surface area contributed by atoms with Crippen molar-refractivity contribution in [1.82, 2.24) is 14.7 Å². The van der Waals surface area contributed by atoms with Gasteiger partial charge < -0.3 is 10.0 Å². The number of aliphatic carboxylic acids is 1. The van der Waals surface area contributed by atoms with Crippen molar-refractivity contribution >= 4 is 11.9 Å². The second-order valence-electron chi connectivity index (χ2n) is 6.03. The third kappa shape index (κ3) is 1.74. The summed E-state index contributed by atoms with van der Waals surface area (Å²) in [5.41, 5.74) is 0.602. The molecule has 6 heteroatoms. The van der Waals surface area contributed by atoms with Gasteiger partial charge in [-0.3, -0.25) is 14.3 Å². The Balaban J connectivity index is 1.83. The Morgan fingerprint density at radius 3 is 2.80 bits per heavy atom. The highest BCUT2D eigenvalue weighted by molar-refractivity contribution is 5.93. The maximum Gasteiger partial charge on any atom is 0.311 e. The molecule has 2 fully saturated rings. The highest BCUT2D eigenvalue weighted by atomic mass is 16.4. The lowest BCUT2D eigenvalue weighted by Gasteiger charge is -2.23. The van der Waals surface area contributed by atoms with Gasteiger partial charge in [-0.1, -0.05) is 6.42 Å². The Bertz CT molecular complexity index is 561. The summed E-state index contributed by atoms with van der Waals surface area (Å²) in [6, 6.07) is 1.75. The Hall–Kier alpha value is -1.85. The van der Waals surface area contributed by atoms with Gasteiger partial charge in [0.25, 0.3) is 5.91 Å². The number of hydrogen-bond acceptors (Lipinski definition) is 3. The molecule has 0 spiro atoms. The number of amides is 1. The van der Waals surface area contributed by atoms with E-state index in [0.717, 1.165) is 18.5 Å². The molecule has 1 aliphatic heterocycles. The molecule has 6 nitrogen and oxygen atoms in total. The molecule has 108 valence electrons. The van der Waals surface area contributed by atoms with Crippen molar-refractivity contribution in [1.29, 1.82) is 0 Å². The van der Waals surface area contributed by atoms with Crippen LogP contribution in [0.4, 0.5) is 0 Å². The van der Waals surface area contributed by atoms with E-state index in [4.69, 9.17) is 0 Å². The lowest BCUT2D eigenvalue weighted by molar-refractivity contribution is -0.149. The minimum absolute atomic E-state index is 0.0914. The van der Waals surface area contributed by atoms with Crippen molar-refractivity contribution in [2.24, 2.45) is 18.4 Å². The third-order valence-electron chi connectivity index (χ3n) is 4.92. The fourth-order valence-electron chi connectivity index (χ4n) is 3.62. The first kappa shape index (κ1) is 13.1. The van der Waals surface area contributed by atoms with Gasteiger partial charge >= 0.3 is 5.97 Å². The zero-order valence-electron chi connectivity index (χ0n) is 11.8. The van der Waals surface area contributed by atoms with E-state index >= 15 is 0 Å². The average Bonchev–Trinajstić information content (AvgIpc) is 3.01. The highest BCUT2D eigenvalue weighted by Crippen LogP contribution is 2.49. The van der Waals surface area contributed by atoms with E-state index in [9.17, 15) is 14.7 Å². The van der Waals surface area contributed by atoms with E-state index < -0.39 is 11.4 Å². The molecule has 20 heavy (non-hydrogen) atoms. The zero-order chi connectivity index (χ0) is 14.5. The molecule has 0 aromatic carbocycles. The summed E-state index contributed by atoms with van der Waals surface area (Å²) in [7, 11) is 1.80. The van der Waals surface area contributed by atoms with Crippen LogP contribution in [-0.4, -0.2) is 44.8 Å². The lowest BCUT2D eigenvalue weighted by atomic mass is 9.81. The van der Waals surface area contributed by atoms with Crippen LogP contribution < -0.4 is 0 Å². The van der Waals surface area contributed by atoms with Gasteiger partial charge in [0.2, 0.25) is 0 Å². The summed E-state index contributed by atoms with van der Waals surface area (Å²) >= 11 is 0. The number of aryl methyl sites for hydroxylation is 2. The predicted octanol–water partition coefficient (Wildman–Crippen LogP) is 1.06. The summed E-state index contributed by atoms with van der Waals surface area (Å²) in [5.74, 6) is -0.815. The normalized spacial score (nSPS) is 28.7. The van der Waals surface area contributed by atoms with E-state index in [1.165, 1.54) is 0 Å². The van der Waals surface area contributed by atoms with E-state index in [1.807, 2.05) is 6.92 Å². The quantitative estimate of drug-likeness (QED) is 0.877. The lowest BCUT2D eigenvalue weighted by Crippen LogP contribution is -2.37. The van der Waals surface area contributed by atoms with Crippen LogP contribution in [0.15, 0.2) is 6.07 Å². The SMILES string of the molecule is Cc1cc(C(=O)N2C[C@@H]3CCC[C@@]3(C(=O)O)C2)nn1C. The van der Waals surface area contributed by atoms with Crippen LogP contribution >= 0.6 is 0 Å². The molecule has 2 atom stereocenters. The number of carbonyl (C=O) groups is 2. The molecular weight excluding hydrogens is 258 g/mol. The molecule has 1 aromatic rings. The number of carboxylic acid groups (broad SMARTS) is 1. The second kappa shape index (κ2) is 4.33. The van der Waals surface area contributed by atoms with Crippen LogP contribution in [0.1, 0.15) is 35.4 Å². The van der Waals surface area contributed by atoms with Crippen molar-refractivity contribution in [3.8, 4) is 0 Å². The maximum absolute atomic E-state index is 12.5. The number of nitrogens with zero attached hydrogens (tertiary/aromatic N) is 3. The van der Waals surface area contributed by atoms with Crippen molar-refractivity contribution in [3.63, 3.8) is 0 Å². The van der Waals surface area contributed by atoms with Gasteiger partial charge in [0.05, 0.1) is 5.41 Å². The number of rotatable bonds is 2. The van der Waals surface area contributed by atoms with Crippen LogP contribution in [0.25, 0.3) is 0 Å². The van der Waals surface area contributed by atoms with Crippen LogP contribution in [0.3, 0.4) is 0 Å². The zero-order valence-corrected chi connectivity index (χ0v) is 11.8. The van der Waals surface area contributed by atoms with E-state index in [-0.39, 0.29) is 11.8 Å². The van der Waals surface area contributed by atoms with E-state index in [0.29, 0.717) is 25.2 Å². The molecule has 1 saturated carbocycles. The Morgan fingerprint density at radius 1 is 1.50 bits per heavy atom. The summed E-state index contributed by atoms with van der Waals surface area (Å²) in [6.07, 6.45) is 2.52. The molecule has 0 radical (unpaired) electrons. The number of carbonyl (C=O) groups excluding carboxylic acids is 1. The van der Waals surface area contributed by atoms with Crippen LogP contribution in [0.5, 0.6) is 0 Å². The van der Waals surface area contributed by atoms with Gasteiger partial charge in [-0.15, -0.1) is 0 Å². The summed E-state index contributed by atoms with van der Waals surface area (Å²) in [5, 5.41) is 13.7. The van der Waals surface area contributed by atoms with Gasteiger partial charge in [-0.25, -0.2) is 0 Å². The van der Waals surface area contributed by atoms with Crippen molar-refractivity contribution in [2.45, 2.75) is 26.2 Å². The summed E-state index contributed by atoms with van der Waals surface area (Å²) in [6.45, 7) is 2.75. The largest absolute Gasteiger partial charge is 0.481 e. The molecule has 2 aliphatic rings. The molecule has 1 amide bonds. The van der Waals surface area contributed by atoms with Gasteiger partial charge in [0.15, 0.2) is 5.69 Å². The van der Waals surface area contributed by atoms with Crippen LogP contribution in [-0.2, 0) is 11.8 Å². The van der Waals surface area contributed by atoms with Gasteiger partial charge in [-0.2, -0.15) is 5.10 Å². The van der Waals surface area contributed by atoms with E-state index in [2.05, 4.69) is 5.10 Å². The Labute approximate surface area is 117 Å². The van der Waals surface area contributed by atoms with Crippen LogP contribution in [0, 0.1) is 18.3 Å². The molecule has 0 bridgehead atoms. The predicted molar refractivity (Wildman–Crippen MR) is 71.3 cm³/mol. The average molecular weight is 277 g/mol. The maximum atomic E-state index is 12.5. The fraction of sp³-hybridized carbons (Fsp3) is 0.643. The molecule has 1 N–H and O–H groups in total. The first-order valence-electron chi connectivity index (χ1n) is 6.97. The molecule has 1 aromatic heterocycles. The van der Waals surface area contributed by atoms with Gasteiger partial charge in [0.1, 0.15) is 0 Å². The van der Waals surface area contributed by atoms with Crippen molar-refractivity contribution < 1.29 is 14.7 Å². The number of hydrogen-bond donors (Lipinski definition) is 1. The monoisotopic (exact) mass is 277 g/mol. The minimum Gasteiger partial charge on any atom is -0.481 e. The highest BCUT2D eigenvalue weighted by Gasteiger charge is 2.55. The minimum atomic E-state index is -0.757. The topological polar surface area (TPSA) is 75.4 Å². The summed E-state index contributed by atoms with van der Waals surface area (Å²) in [4.78, 5) is 25.7. The molecule has 3 rings (SSSR count). The standard InChI is InChI=1S/C14H19N3O3/c1-9-6-11(15-16(9)2)12(18)17-7-10-4-3-5-14(10,8-17)13(19)20/h6,10H,3-5,7-8H2,1-2H3,(H,19,20)/t10-,14+/m0/s1. The first-order valence-corrected chi connectivity index (χ1v) is 6.97. The van der Waals surface area contributed by atoms with Gasteiger partial charge in [0, 0.05) is 25.8 Å². The Morgan fingerprint density at radius 2 is 2.25 bits per heavy atom. The molecule has 0 unspecified atom stereocenters. The molecule has 1 aliphatic carbocycles. The first-order chi connectivity index (χ1) is 9.44. The number of fused-ring (bicyclic) bond motifs is 1. The third-order valence-corrected chi connectivity index (χ3v) is 4.92. The number of aromatic nitrogens is 2. The Kier molecular flexibility index (Phi) is 2.84. The van der Waals surface area contributed by atoms with Crippen LogP contribution in [0.2, 0.25) is 0 Å². The van der Waals surface area contributed by atoms with E-state index in [1.54, 1.807) is 22.7 Å². The molecule has 2 heterocycles. The molecule has 1 saturated heterocycles. The number of likely N-dealkylation sites (tertiary alicyclic amines) is 1. The second-order valence-corrected chi connectivity index (χ2v) is 6.03. The smallest absolute Gasteiger partial charge is 0.311 e.